The highest BCUT2D eigenvalue weighted by atomic mass is 19.2. The lowest BCUT2D eigenvalue weighted by Crippen LogP contribution is -2.24. The van der Waals surface area contributed by atoms with Crippen LogP contribution in [-0.4, -0.2) is 17.4 Å². The molecule has 4 nitrogen and oxygen atoms in total. The average Bonchev–Trinajstić information content (AvgIpc) is 2.55. The van der Waals surface area contributed by atoms with Crippen LogP contribution < -0.4 is 10.6 Å². The minimum absolute atomic E-state index is 0.206. The van der Waals surface area contributed by atoms with Crippen molar-refractivity contribution in [2.75, 3.05) is 11.9 Å². The average molecular weight is 319 g/mol. The number of rotatable bonds is 7. The second-order valence-corrected chi connectivity index (χ2v) is 5.18. The summed E-state index contributed by atoms with van der Waals surface area (Å²) in [5, 5.41) is 5.72. The Morgan fingerprint density at radius 3 is 2.65 bits per heavy atom. The van der Waals surface area contributed by atoms with Gasteiger partial charge in [-0.2, -0.15) is 0 Å². The smallest absolute Gasteiger partial charge is 0.252 e. The molecule has 2 N–H and O–H groups in total. The van der Waals surface area contributed by atoms with E-state index in [1.165, 1.54) is 18.5 Å². The molecule has 1 amide bonds. The van der Waals surface area contributed by atoms with Crippen molar-refractivity contribution >= 4 is 17.3 Å². The molecule has 1 aromatic carbocycles. The molecule has 0 saturated carbocycles. The highest BCUT2D eigenvalue weighted by Gasteiger charge is 2.07. The Labute approximate surface area is 133 Å². The van der Waals surface area contributed by atoms with Crippen molar-refractivity contribution in [3.05, 3.63) is 53.9 Å². The van der Waals surface area contributed by atoms with Crippen LogP contribution in [-0.2, 0) is 0 Å². The molecule has 122 valence electrons. The normalized spacial score (nSPS) is 10.4. The number of halogens is 2. The van der Waals surface area contributed by atoms with E-state index in [0.29, 0.717) is 23.5 Å². The summed E-state index contributed by atoms with van der Waals surface area (Å²) in [6.45, 7) is 2.71. The fourth-order valence-electron chi connectivity index (χ4n) is 2.05. The molecule has 0 radical (unpaired) electrons. The van der Waals surface area contributed by atoms with Gasteiger partial charge in [-0.05, 0) is 24.6 Å². The number of unbranched alkanes of at least 4 members (excludes halogenated alkanes) is 2. The molecule has 2 aromatic rings. The van der Waals surface area contributed by atoms with Crippen molar-refractivity contribution in [1.29, 1.82) is 0 Å². The number of nitrogens with zero attached hydrogens (tertiary/aromatic N) is 1. The van der Waals surface area contributed by atoms with E-state index in [2.05, 4.69) is 22.5 Å². The first-order valence-electron chi connectivity index (χ1n) is 7.55. The molecule has 2 rings (SSSR count). The highest BCUT2D eigenvalue weighted by molar-refractivity contribution is 5.94. The van der Waals surface area contributed by atoms with E-state index in [1.807, 2.05) is 0 Å². The molecule has 0 spiro atoms. The van der Waals surface area contributed by atoms with Gasteiger partial charge in [0, 0.05) is 24.5 Å². The standard InChI is InChI=1S/C17H19F2N3O/c1-2-3-4-7-21-17(23)12-8-14(11-20-10-12)22-13-5-6-15(18)16(19)9-13/h5-6,8-11,22H,2-4,7H2,1H3,(H,21,23). The molecule has 6 heteroatoms. The number of benzene rings is 1. The van der Waals surface area contributed by atoms with Gasteiger partial charge in [-0.15, -0.1) is 0 Å². The Morgan fingerprint density at radius 1 is 1.09 bits per heavy atom. The number of anilines is 2. The van der Waals surface area contributed by atoms with Crippen LogP contribution in [0.1, 0.15) is 36.5 Å². The van der Waals surface area contributed by atoms with Gasteiger partial charge < -0.3 is 10.6 Å². The zero-order chi connectivity index (χ0) is 16.7. The summed E-state index contributed by atoms with van der Waals surface area (Å²) in [5.41, 5.74) is 1.32. The van der Waals surface area contributed by atoms with Crippen molar-refractivity contribution < 1.29 is 13.6 Å². The van der Waals surface area contributed by atoms with Crippen LogP contribution in [0.15, 0.2) is 36.7 Å². The monoisotopic (exact) mass is 319 g/mol. The number of hydrogen-bond acceptors (Lipinski definition) is 3. The topological polar surface area (TPSA) is 54.0 Å². The molecular formula is C17H19F2N3O. The summed E-state index contributed by atoms with van der Waals surface area (Å²) in [6.07, 6.45) is 6.06. The van der Waals surface area contributed by atoms with E-state index < -0.39 is 11.6 Å². The van der Waals surface area contributed by atoms with E-state index in [9.17, 15) is 13.6 Å². The third-order valence-corrected chi connectivity index (χ3v) is 3.27. The van der Waals surface area contributed by atoms with Crippen LogP contribution >= 0.6 is 0 Å². The van der Waals surface area contributed by atoms with Crippen LogP contribution in [0, 0.1) is 11.6 Å². The zero-order valence-corrected chi connectivity index (χ0v) is 12.9. The first kappa shape index (κ1) is 16.9. The van der Waals surface area contributed by atoms with Crippen LogP contribution in [0.3, 0.4) is 0 Å². The molecule has 0 aliphatic heterocycles. The van der Waals surface area contributed by atoms with E-state index in [4.69, 9.17) is 0 Å². The molecule has 23 heavy (non-hydrogen) atoms. The lowest BCUT2D eigenvalue weighted by molar-refractivity contribution is 0.0952. The third kappa shape index (κ3) is 5.02. The fraction of sp³-hybridized carbons (Fsp3) is 0.294. The summed E-state index contributed by atoms with van der Waals surface area (Å²) in [4.78, 5) is 16.0. The van der Waals surface area contributed by atoms with Gasteiger partial charge in [0.05, 0.1) is 17.4 Å². The minimum atomic E-state index is -0.937. The summed E-state index contributed by atoms with van der Waals surface area (Å²) >= 11 is 0. The van der Waals surface area contributed by atoms with Crippen molar-refractivity contribution in [1.82, 2.24) is 10.3 Å². The molecule has 1 aromatic heterocycles. The quantitative estimate of drug-likeness (QED) is 0.758. The second-order valence-electron chi connectivity index (χ2n) is 5.18. The maximum Gasteiger partial charge on any atom is 0.252 e. The largest absolute Gasteiger partial charge is 0.354 e. The number of amides is 1. The van der Waals surface area contributed by atoms with E-state index in [-0.39, 0.29) is 5.91 Å². The van der Waals surface area contributed by atoms with E-state index in [0.717, 1.165) is 31.4 Å². The van der Waals surface area contributed by atoms with Gasteiger partial charge in [-0.3, -0.25) is 9.78 Å². The summed E-state index contributed by atoms with van der Waals surface area (Å²) in [7, 11) is 0. The number of pyridine rings is 1. The molecule has 0 saturated heterocycles. The van der Waals surface area contributed by atoms with Crippen molar-refractivity contribution in [3.63, 3.8) is 0 Å². The Balaban J connectivity index is 2.01. The molecule has 0 fully saturated rings. The van der Waals surface area contributed by atoms with Crippen LogP contribution in [0.2, 0.25) is 0 Å². The van der Waals surface area contributed by atoms with Crippen LogP contribution in [0.25, 0.3) is 0 Å². The summed E-state index contributed by atoms with van der Waals surface area (Å²) in [6, 6.07) is 5.11. The van der Waals surface area contributed by atoms with Gasteiger partial charge in [-0.25, -0.2) is 8.78 Å². The first-order valence-corrected chi connectivity index (χ1v) is 7.55. The zero-order valence-electron chi connectivity index (χ0n) is 12.9. The molecular weight excluding hydrogens is 300 g/mol. The molecule has 0 bridgehead atoms. The number of hydrogen-bond donors (Lipinski definition) is 2. The predicted molar refractivity (Wildman–Crippen MR) is 85.7 cm³/mol. The SMILES string of the molecule is CCCCCNC(=O)c1cncc(Nc2ccc(F)c(F)c2)c1. The van der Waals surface area contributed by atoms with Crippen LogP contribution in [0.5, 0.6) is 0 Å². The maximum absolute atomic E-state index is 13.2. The Kier molecular flexibility index (Phi) is 6.02. The van der Waals surface area contributed by atoms with Gasteiger partial charge in [0.15, 0.2) is 11.6 Å². The third-order valence-electron chi connectivity index (χ3n) is 3.27. The van der Waals surface area contributed by atoms with Gasteiger partial charge in [0.1, 0.15) is 0 Å². The molecule has 0 unspecified atom stereocenters. The number of carbonyl (C=O) groups is 1. The van der Waals surface area contributed by atoms with E-state index in [1.54, 1.807) is 6.07 Å². The number of carbonyl (C=O) groups excluding carboxylic acids is 1. The molecule has 1 heterocycles. The van der Waals surface area contributed by atoms with Crippen LogP contribution in [0.4, 0.5) is 20.2 Å². The summed E-state index contributed by atoms with van der Waals surface area (Å²) < 4.78 is 26.1. The lowest BCUT2D eigenvalue weighted by Gasteiger charge is -2.09. The number of aromatic nitrogens is 1. The summed E-state index contributed by atoms with van der Waals surface area (Å²) in [5.74, 6) is -2.05. The minimum Gasteiger partial charge on any atom is -0.354 e. The lowest BCUT2D eigenvalue weighted by atomic mass is 10.2. The first-order chi connectivity index (χ1) is 11.1. The molecule has 0 atom stereocenters. The van der Waals surface area contributed by atoms with E-state index >= 15 is 0 Å². The van der Waals surface area contributed by atoms with Gasteiger partial charge in [-0.1, -0.05) is 19.8 Å². The van der Waals surface area contributed by atoms with Gasteiger partial charge in [0.2, 0.25) is 0 Å². The predicted octanol–water partition coefficient (Wildman–Crippen LogP) is 4.02. The Morgan fingerprint density at radius 2 is 1.91 bits per heavy atom. The highest BCUT2D eigenvalue weighted by Crippen LogP contribution is 2.19. The maximum atomic E-state index is 13.2. The van der Waals surface area contributed by atoms with Crippen molar-refractivity contribution in [2.45, 2.75) is 26.2 Å². The Hall–Kier alpha value is -2.50. The molecule has 0 aliphatic carbocycles. The molecule has 0 aliphatic rings. The van der Waals surface area contributed by atoms with Crippen molar-refractivity contribution in [3.8, 4) is 0 Å². The Bertz CT molecular complexity index is 677. The van der Waals surface area contributed by atoms with Gasteiger partial charge in [0.25, 0.3) is 5.91 Å². The second kappa shape index (κ2) is 8.22. The fourth-order valence-corrected chi connectivity index (χ4v) is 2.05. The van der Waals surface area contributed by atoms with Gasteiger partial charge >= 0.3 is 0 Å². The number of nitrogens with one attached hydrogen (secondary N) is 2. The van der Waals surface area contributed by atoms with Crippen molar-refractivity contribution in [2.24, 2.45) is 0 Å².